The van der Waals surface area contributed by atoms with Gasteiger partial charge in [0.05, 0.1) is 6.21 Å². The Morgan fingerprint density at radius 1 is 1.05 bits per heavy atom. The summed E-state index contributed by atoms with van der Waals surface area (Å²) >= 11 is 0. The van der Waals surface area contributed by atoms with Crippen molar-refractivity contribution < 1.29 is 4.79 Å². The molecule has 0 saturated heterocycles. The molecule has 1 aliphatic carbocycles. The lowest BCUT2D eigenvalue weighted by Gasteiger charge is -2.00. The van der Waals surface area contributed by atoms with E-state index in [1.165, 1.54) is 5.56 Å². The highest BCUT2D eigenvalue weighted by Gasteiger charge is 2.43. The van der Waals surface area contributed by atoms with Gasteiger partial charge in [-0.2, -0.15) is 5.10 Å². The number of hydrogen-bond acceptors (Lipinski definition) is 2. The summed E-state index contributed by atoms with van der Waals surface area (Å²) < 4.78 is 0. The van der Waals surface area contributed by atoms with Gasteiger partial charge >= 0.3 is 0 Å². The fourth-order valence-electron chi connectivity index (χ4n) is 2.35. The number of rotatable bonds is 4. The fraction of sp³-hybridized carbons (Fsp3) is 0.176. The molecule has 0 bridgehead atoms. The number of benzene rings is 2. The molecule has 0 heterocycles. The van der Waals surface area contributed by atoms with Crippen LogP contribution in [0.1, 0.15) is 23.5 Å². The molecule has 3 rings (SSSR count). The molecule has 0 radical (unpaired) electrons. The van der Waals surface area contributed by atoms with E-state index in [4.69, 9.17) is 0 Å². The molecule has 3 nitrogen and oxygen atoms in total. The predicted octanol–water partition coefficient (Wildman–Crippen LogP) is 2.94. The minimum absolute atomic E-state index is 0.00559. The first-order valence-electron chi connectivity index (χ1n) is 6.77. The van der Waals surface area contributed by atoms with Crippen LogP contribution in [0.15, 0.2) is 65.8 Å². The Hall–Kier alpha value is -2.42. The maximum absolute atomic E-state index is 12.0. The largest absolute Gasteiger partial charge is 0.273 e. The number of hydrazone groups is 1. The Labute approximate surface area is 118 Å². The van der Waals surface area contributed by atoms with E-state index in [-0.39, 0.29) is 11.8 Å². The number of amides is 1. The third-order valence-corrected chi connectivity index (χ3v) is 3.54. The van der Waals surface area contributed by atoms with E-state index >= 15 is 0 Å². The third-order valence-electron chi connectivity index (χ3n) is 3.54. The van der Waals surface area contributed by atoms with Gasteiger partial charge in [0.1, 0.15) is 0 Å². The topological polar surface area (TPSA) is 41.5 Å². The maximum Gasteiger partial charge on any atom is 0.243 e. The van der Waals surface area contributed by atoms with Crippen molar-refractivity contribution in [2.24, 2.45) is 11.0 Å². The Bertz CT molecular complexity index is 607. The van der Waals surface area contributed by atoms with E-state index in [0.29, 0.717) is 5.92 Å². The Balaban J connectivity index is 1.53. The van der Waals surface area contributed by atoms with Crippen LogP contribution < -0.4 is 5.43 Å². The molecule has 20 heavy (non-hydrogen) atoms. The van der Waals surface area contributed by atoms with E-state index in [0.717, 1.165) is 12.0 Å². The van der Waals surface area contributed by atoms with Crippen molar-refractivity contribution >= 4 is 12.1 Å². The number of carbonyl (C=O) groups excluding carboxylic acids is 1. The molecule has 2 atom stereocenters. The summed E-state index contributed by atoms with van der Waals surface area (Å²) in [5.41, 5.74) is 4.83. The molecule has 0 aromatic heterocycles. The van der Waals surface area contributed by atoms with Crippen LogP contribution >= 0.6 is 0 Å². The minimum Gasteiger partial charge on any atom is -0.273 e. The summed E-state index contributed by atoms with van der Waals surface area (Å²) in [5.74, 6) is 0.416. The zero-order valence-corrected chi connectivity index (χ0v) is 11.1. The Morgan fingerprint density at radius 2 is 1.70 bits per heavy atom. The van der Waals surface area contributed by atoms with Crippen LogP contribution in [0.2, 0.25) is 0 Å². The normalized spacial score (nSPS) is 20.8. The Morgan fingerprint density at radius 3 is 2.40 bits per heavy atom. The number of nitrogens with zero attached hydrogens (tertiary/aromatic N) is 1. The summed E-state index contributed by atoms with van der Waals surface area (Å²) in [6.45, 7) is 0. The van der Waals surface area contributed by atoms with E-state index in [2.05, 4.69) is 22.7 Å². The van der Waals surface area contributed by atoms with Gasteiger partial charge in [-0.25, -0.2) is 5.43 Å². The first-order valence-corrected chi connectivity index (χ1v) is 6.77. The van der Waals surface area contributed by atoms with Gasteiger partial charge in [-0.1, -0.05) is 60.7 Å². The standard InChI is InChI=1S/C17H16N2O/c20-17(19-18-12-13-7-3-1-4-8-13)16-11-15(16)14-9-5-2-6-10-14/h1-10,12,15-16H,11H2,(H,19,20)/b18-12-/t15-,16+/m1/s1. The first-order chi connectivity index (χ1) is 9.84. The SMILES string of the molecule is O=C(N/N=C\c1ccccc1)[C@H]1C[C@@H]1c1ccccc1. The average molecular weight is 264 g/mol. The second kappa shape index (κ2) is 5.70. The van der Waals surface area contributed by atoms with E-state index in [9.17, 15) is 4.79 Å². The summed E-state index contributed by atoms with van der Waals surface area (Å²) in [4.78, 5) is 12.0. The highest BCUT2D eigenvalue weighted by molar-refractivity contribution is 5.85. The van der Waals surface area contributed by atoms with Crippen LogP contribution in [0.4, 0.5) is 0 Å². The van der Waals surface area contributed by atoms with Gasteiger partial charge in [0.25, 0.3) is 0 Å². The minimum atomic E-state index is 0.00559. The monoisotopic (exact) mass is 264 g/mol. The van der Waals surface area contributed by atoms with Crippen LogP contribution in [0.5, 0.6) is 0 Å². The van der Waals surface area contributed by atoms with Crippen LogP contribution in [-0.4, -0.2) is 12.1 Å². The number of carbonyl (C=O) groups is 1. The molecule has 3 heteroatoms. The van der Waals surface area contributed by atoms with Gasteiger partial charge in [-0.15, -0.1) is 0 Å². The van der Waals surface area contributed by atoms with Crippen LogP contribution in [-0.2, 0) is 4.79 Å². The van der Waals surface area contributed by atoms with Crippen molar-refractivity contribution in [3.63, 3.8) is 0 Å². The molecule has 100 valence electrons. The van der Waals surface area contributed by atoms with Crippen molar-refractivity contribution in [2.45, 2.75) is 12.3 Å². The molecule has 1 amide bonds. The van der Waals surface area contributed by atoms with Crippen molar-refractivity contribution in [2.75, 3.05) is 0 Å². The summed E-state index contributed by atoms with van der Waals surface area (Å²) in [6, 6.07) is 19.9. The van der Waals surface area contributed by atoms with Gasteiger partial charge < -0.3 is 0 Å². The van der Waals surface area contributed by atoms with Gasteiger partial charge in [0.15, 0.2) is 0 Å². The van der Waals surface area contributed by atoms with Gasteiger partial charge in [-0.3, -0.25) is 4.79 Å². The fourth-order valence-corrected chi connectivity index (χ4v) is 2.35. The lowest BCUT2D eigenvalue weighted by atomic mass is 10.1. The van der Waals surface area contributed by atoms with Gasteiger partial charge in [0, 0.05) is 5.92 Å². The second-order valence-corrected chi connectivity index (χ2v) is 5.00. The van der Waals surface area contributed by atoms with Crippen LogP contribution in [0.3, 0.4) is 0 Å². The van der Waals surface area contributed by atoms with Crippen molar-refractivity contribution in [1.29, 1.82) is 0 Å². The first kappa shape index (κ1) is 12.6. The quantitative estimate of drug-likeness (QED) is 0.669. The molecule has 1 saturated carbocycles. The van der Waals surface area contributed by atoms with E-state index in [1.807, 2.05) is 48.5 Å². The van der Waals surface area contributed by atoms with Crippen molar-refractivity contribution in [1.82, 2.24) is 5.43 Å². The number of hydrogen-bond donors (Lipinski definition) is 1. The molecule has 2 aromatic rings. The molecular formula is C17H16N2O. The molecule has 2 aromatic carbocycles. The summed E-state index contributed by atoms with van der Waals surface area (Å²) in [6.07, 6.45) is 2.58. The highest BCUT2D eigenvalue weighted by atomic mass is 16.2. The smallest absolute Gasteiger partial charge is 0.243 e. The predicted molar refractivity (Wildman–Crippen MR) is 79.5 cm³/mol. The summed E-state index contributed by atoms with van der Waals surface area (Å²) in [7, 11) is 0. The van der Waals surface area contributed by atoms with Crippen molar-refractivity contribution in [3.05, 3.63) is 71.8 Å². The number of nitrogens with one attached hydrogen (secondary N) is 1. The highest BCUT2D eigenvalue weighted by Crippen LogP contribution is 2.47. The van der Waals surface area contributed by atoms with Gasteiger partial charge in [0.2, 0.25) is 5.91 Å². The van der Waals surface area contributed by atoms with E-state index < -0.39 is 0 Å². The average Bonchev–Trinajstić information content (AvgIpc) is 3.30. The van der Waals surface area contributed by atoms with Crippen LogP contribution in [0, 0.1) is 5.92 Å². The van der Waals surface area contributed by atoms with Gasteiger partial charge in [-0.05, 0) is 23.5 Å². The lowest BCUT2D eigenvalue weighted by Crippen LogP contribution is -2.20. The maximum atomic E-state index is 12.0. The molecular weight excluding hydrogens is 248 g/mol. The second-order valence-electron chi connectivity index (χ2n) is 5.00. The van der Waals surface area contributed by atoms with Crippen molar-refractivity contribution in [3.8, 4) is 0 Å². The molecule has 1 fully saturated rings. The lowest BCUT2D eigenvalue weighted by molar-refractivity contribution is -0.122. The zero-order chi connectivity index (χ0) is 13.8. The van der Waals surface area contributed by atoms with E-state index in [1.54, 1.807) is 6.21 Å². The zero-order valence-electron chi connectivity index (χ0n) is 11.1. The Kier molecular flexibility index (Phi) is 3.59. The summed E-state index contributed by atoms with van der Waals surface area (Å²) in [5, 5.41) is 4.01. The third kappa shape index (κ3) is 2.94. The molecule has 0 spiro atoms. The molecule has 0 aliphatic heterocycles. The molecule has 0 unspecified atom stereocenters. The molecule has 1 N–H and O–H groups in total. The molecule has 1 aliphatic rings. The van der Waals surface area contributed by atoms with Crippen LogP contribution in [0.25, 0.3) is 0 Å².